The van der Waals surface area contributed by atoms with Crippen molar-refractivity contribution in [1.82, 2.24) is 20.8 Å². The van der Waals surface area contributed by atoms with Crippen molar-refractivity contribution in [2.45, 2.75) is 39.7 Å². The molecule has 0 amide bonds. The molecule has 2 aromatic rings. The Hall–Kier alpha value is -1.84. The number of hydrogen-bond donors (Lipinski definition) is 3. The van der Waals surface area contributed by atoms with Crippen molar-refractivity contribution in [1.29, 1.82) is 0 Å². The summed E-state index contributed by atoms with van der Waals surface area (Å²) >= 11 is 0. The number of H-pyrrole nitrogens is 1. The number of nitrogens with zero attached hydrogens (tertiary/aromatic N) is 2. The minimum absolute atomic E-state index is 0. The fourth-order valence-electron chi connectivity index (χ4n) is 2.48. The van der Waals surface area contributed by atoms with E-state index >= 15 is 0 Å². The maximum atomic E-state index is 13.2. The Balaban J connectivity index is 0.00000364. The van der Waals surface area contributed by atoms with E-state index < -0.39 is 0 Å². The number of hydrogen-bond acceptors (Lipinski definition) is 3. The molecule has 2 rings (SSSR count). The van der Waals surface area contributed by atoms with Crippen molar-refractivity contribution in [2.75, 3.05) is 19.6 Å². The second kappa shape index (κ2) is 12.5. The first-order valence-electron chi connectivity index (χ1n) is 9.01. The van der Waals surface area contributed by atoms with E-state index in [-0.39, 0.29) is 35.9 Å². The zero-order valence-electron chi connectivity index (χ0n) is 16.1. The van der Waals surface area contributed by atoms with E-state index in [1.165, 1.54) is 17.7 Å². The number of nitrogens with one attached hydrogen (secondary N) is 3. The molecular weight excluding hydrogens is 460 g/mol. The van der Waals surface area contributed by atoms with E-state index in [4.69, 9.17) is 4.74 Å². The molecule has 150 valence electrons. The predicted octanol–water partition coefficient (Wildman–Crippen LogP) is 3.43. The molecule has 1 aromatic heterocycles. The van der Waals surface area contributed by atoms with Gasteiger partial charge in [0.15, 0.2) is 5.96 Å². The van der Waals surface area contributed by atoms with Crippen LogP contribution in [0.2, 0.25) is 0 Å². The molecule has 0 fully saturated rings. The Morgan fingerprint density at radius 3 is 2.85 bits per heavy atom. The van der Waals surface area contributed by atoms with Crippen LogP contribution in [0.25, 0.3) is 0 Å². The van der Waals surface area contributed by atoms with Crippen LogP contribution < -0.4 is 15.4 Å². The van der Waals surface area contributed by atoms with Crippen LogP contribution in [0.4, 0.5) is 4.39 Å². The van der Waals surface area contributed by atoms with Crippen molar-refractivity contribution in [3.8, 4) is 5.75 Å². The first-order valence-corrected chi connectivity index (χ1v) is 9.01. The van der Waals surface area contributed by atoms with Gasteiger partial charge in [-0.05, 0) is 51.3 Å². The maximum Gasteiger partial charge on any atom is 0.191 e. The summed E-state index contributed by atoms with van der Waals surface area (Å²) in [5, 5.41) is 13.5. The number of ether oxygens (including phenoxy) is 1. The quantitative estimate of drug-likeness (QED) is 0.219. The van der Waals surface area contributed by atoms with Gasteiger partial charge in [-0.3, -0.25) is 5.10 Å². The Bertz CT molecular complexity index is 707. The Labute approximate surface area is 177 Å². The molecule has 0 saturated carbocycles. The molecule has 1 aromatic carbocycles. The van der Waals surface area contributed by atoms with Crippen LogP contribution in [0.3, 0.4) is 0 Å². The van der Waals surface area contributed by atoms with Gasteiger partial charge in [-0.25, -0.2) is 9.38 Å². The topological polar surface area (TPSA) is 74.3 Å². The third-order valence-electron chi connectivity index (χ3n) is 3.83. The molecule has 0 saturated heterocycles. The molecule has 1 heterocycles. The summed E-state index contributed by atoms with van der Waals surface area (Å²) in [7, 11) is 0. The fraction of sp³-hybridized carbons (Fsp3) is 0.474. The van der Waals surface area contributed by atoms with Gasteiger partial charge in [0, 0.05) is 24.8 Å². The molecule has 0 aliphatic carbocycles. The number of aryl methyl sites for hydroxylation is 2. The third-order valence-corrected chi connectivity index (χ3v) is 3.83. The zero-order chi connectivity index (χ0) is 18.8. The van der Waals surface area contributed by atoms with Gasteiger partial charge >= 0.3 is 0 Å². The van der Waals surface area contributed by atoms with Gasteiger partial charge in [0.25, 0.3) is 0 Å². The van der Waals surface area contributed by atoms with Crippen LogP contribution in [-0.2, 0) is 6.42 Å². The molecule has 0 aliphatic heterocycles. The van der Waals surface area contributed by atoms with E-state index in [1.807, 2.05) is 27.0 Å². The highest BCUT2D eigenvalue weighted by atomic mass is 127. The van der Waals surface area contributed by atoms with E-state index in [1.54, 1.807) is 12.1 Å². The second-order valence-electron chi connectivity index (χ2n) is 6.16. The highest BCUT2D eigenvalue weighted by molar-refractivity contribution is 14.0. The fourth-order valence-corrected chi connectivity index (χ4v) is 2.48. The lowest BCUT2D eigenvalue weighted by Gasteiger charge is -2.15. The number of guanidine groups is 1. The Morgan fingerprint density at radius 2 is 2.19 bits per heavy atom. The molecule has 6 nitrogen and oxygen atoms in total. The highest BCUT2D eigenvalue weighted by Gasteiger charge is 2.06. The van der Waals surface area contributed by atoms with Crippen LogP contribution in [0, 0.1) is 12.7 Å². The average Bonchev–Trinajstić information content (AvgIpc) is 3.01. The van der Waals surface area contributed by atoms with E-state index in [0.29, 0.717) is 12.3 Å². The third kappa shape index (κ3) is 8.59. The number of aromatic amines is 1. The van der Waals surface area contributed by atoms with Crippen LogP contribution in [-0.4, -0.2) is 41.9 Å². The largest absolute Gasteiger partial charge is 0.489 e. The molecule has 0 radical (unpaired) electrons. The summed E-state index contributed by atoms with van der Waals surface area (Å²) in [5.41, 5.74) is 2.36. The minimum Gasteiger partial charge on any atom is -0.489 e. The van der Waals surface area contributed by atoms with Gasteiger partial charge < -0.3 is 15.4 Å². The first kappa shape index (κ1) is 23.2. The van der Waals surface area contributed by atoms with Crippen LogP contribution in [0.5, 0.6) is 5.75 Å². The number of halogens is 2. The van der Waals surface area contributed by atoms with Gasteiger partial charge in [-0.15, -0.1) is 24.0 Å². The van der Waals surface area contributed by atoms with Gasteiger partial charge in [-0.1, -0.05) is 6.07 Å². The minimum atomic E-state index is -0.305. The van der Waals surface area contributed by atoms with Crippen molar-refractivity contribution in [3.63, 3.8) is 0 Å². The Kier molecular flexibility index (Phi) is 10.8. The molecule has 27 heavy (non-hydrogen) atoms. The second-order valence-corrected chi connectivity index (χ2v) is 6.16. The zero-order valence-corrected chi connectivity index (χ0v) is 18.4. The monoisotopic (exact) mass is 489 g/mol. The van der Waals surface area contributed by atoms with Crippen LogP contribution >= 0.6 is 24.0 Å². The van der Waals surface area contributed by atoms with E-state index in [0.717, 1.165) is 37.6 Å². The van der Waals surface area contributed by atoms with Gasteiger partial charge in [0.05, 0.1) is 12.7 Å². The molecular formula is C19H29FIN5O. The molecule has 0 spiro atoms. The molecule has 1 atom stereocenters. The lowest BCUT2D eigenvalue weighted by molar-refractivity contribution is 0.229. The molecule has 0 bridgehead atoms. The average molecular weight is 489 g/mol. The van der Waals surface area contributed by atoms with Crippen LogP contribution in [0.15, 0.2) is 35.5 Å². The smallest absolute Gasteiger partial charge is 0.191 e. The number of benzene rings is 1. The molecule has 8 heteroatoms. The van der Waals surface area contributed by atoms with Gasteiger partial charge in [0.1, 0.15) is 17.7 Å². The first-order chi connectivity index (χ1) is 12.6. The summed E-state index contributed by atoms with van der Waals surface area (Å²) < 4.78 is 18.9. The van der Waals surface area contributed by atoms with Crippen LogP contribution in [0.1, 0.15) is 31.5 Å². The van der Waals surface area contributed by atoms with Gasteiger partial charge in [-0.2, -0.15) is 5.10 Å². The van der Waals surface area contributed by atoms with Crippen molar-refractivity contribution >= 4 is 29.9 Å². The summed E-state index contributed by atoms with van der Waals surface area (Å²) in [4.78, 5) is 4.54. The molecule has 1 unspecified atom stereocenters. The highest BCUT2D eigenvalue weighted by Crippen LogP contribution is 2.13. The van der Waals surface area contributed by atoms with Gasteiger partial charge in [0.2, 0.25) is 0 Å². The van der Waals surface area contributed by atoms with E-state index in [2.05, 4.69) is 25.8 Å². The molecule has 0 aliphatic rings. The summed E-state index contributed by atoms with van der Waals surface area (Å²) in [6.45, 7) is 8.05. The summed E-state index contributed by atoms with van der Waals surface area (Å²) in [6.07, 6.45) is 3.68. The van der Waals surface area contributed by atoms with Crippen molar-refractivity contribution in [3.05, 3.63) is 47.5 Å². The number of rotatable bonds is 9. The van der Waals surface area contributed by atoms with E-state index in [9.17, 15) is 4.39 Å². The molecule has 3 N–H and O–H groups in total. The lowest BCUT2D eigenvalue weighted by atomic mass is 10.1. The summed E-state index contributed by atoms with van der Waals surface area (Å²) in [6, 6.07) is 6.15. The van der Waals surface area contributed by atoms with Crippen molar-refractivity contribution < 1.29 is 9.13 Å². The standard InChI is InChI=1S/C19H28FN5O.HI/c1-4-21-19(22-10-6-7-16-13-24-25-15(16)3)23-12-14(2)26-18-9-5-8-17(20)11-18;/h5,8-9,11,13-14H,4,6-7,10,12H2,1-3H3,(H,24,25)(H2,21,22,23);1H. The predicted molar refractivity (Wildman–Crippen MR) is 118 cm³/mol. The normalized spacial score (nSPS) is 12.2. The summed E-state index contributed by atoms with van der Waals surface area (Å²) in [5.74, 6) is 0.966. The maximum absolute atomic E-state index is 13.2. The Morgan fingerprint density at radius 1 is 1.37 bits per heavy atom. The van der Waals surface area contributed by atoms with Crippen molar-refractivity contribution in [2.24, 2.45) is 4.99 Å². The lowest BCUT2D eigenvalue weighted by Crippen LogP contribution is -2.38. The number of aromatic nitrogens is 2. The SMILES string of the molecule is CCNC(=NCC(C)Oc1cccc(F)c1)NCCCc1cn[nH]c1C.I. The number of aliphatic imine (C=N–C) groups is 1.